The normalized spacial score (nSPS) is 26.2. The van der Waals surface area contributed by atoms with Crippen LogP contribution in [0.15, 0.2) is 12.1 Å². The molecule has 3 nitrogen and oxygen atoms in total. The molecular weight excluding hydrogens is 132 g/mol. The van der Waals surface area contributed by atoms with E-state index in [1.165, 1.54) is 0 Å². The maximum absolute atomic E-state index is 12.0. The van der Waals surface area contributed by atoms with Crippen LogP contribution in [0.4, 0.5) is 8.78 Å². The third-order valence-corrected chi connectivity index (χ3v) is 0.803. The maximum Gasteiger partial charge on any atom is 0.294 e. The van der Waals surface area contributed by atoms with E-state index in [1.54, 1.807) is 5.48 Å². The molecule has 0 aliphatic carbocycles. The molecule has 1 heterocycles. The Morgan fingerprint density at radius 3 is 2.89 bits per heavy atom. The number of rotatable bonds is 0. The van der Waals surface area contributed by atoms with Crippen LogP contribution in [0, 0.1) is 0 Å². The summed E-state index contributed by atoms with van der Waals surface area (Å²) in [6.07, 6.45) is -1.70. The molecule has 1 rings (SSSR count). The average Bonchev–Trinajstić information content (AvgIpc) is 1.83. The lowest BCUT2D eigenvalue weighted by molar-refractivity contribution is -0.136. The number of carbonyl (C=O) groups is 1. The van der Waals surface area contributed by atoms with Gasteiger partial charge in [-0.15, -0.1) is 0 Å². The van der Waals surface area contributed by atoms with Gasteiger partial charge in [-0.3, -0.25) is 4.79 Å². The Morgan fingerprint density at radius 1 is 1.78 bits per heavy atom. The lowest BCUT2D eigenvalue weighted by Crippen LogP contribution is -2.34. The van der Waals surface area contributed by atoms with E-state index < -0.39 is 17.9 Å². The smallest absolute Gasteiger partial charge is 0.294 e. The summed E-state index contributed by atoms with van der Waals surface area (Å²) >= 11 is 0. The van der Waals surface area contributed by atoms with Gasteiger partial charge in [-0.05, 0) is 0 Å². The summed E-state index contributed by atoms with van der Waals surface area (Å²) in [7, 11) is 0. The molecule has 0 saturated carbocycles. The van der Waals surface area contributed by atoms with Crippen molar-refractivity contribution in [3.05, 3.63) is 12.1 Å². The lowest BCUT2D eigenvalue weighted by atomic mass is 10.3. The van der Waals surface area contributed by atoms with Gasteiger partial charge in [-0.25, -0.2) is 8.78 Å². The van der Waals surface area contributed by atoms with E-state index >= 15 is 0 Å². The maximum atomic E-state index is 12.0. The number of alkyl halides is 1. The molecule has 0 saturated heterocycles. The summed E-state index contributed by atoms with van der Waals surface area (Å²) in [4.78, 5) is 14.1. The fourth-order valence-corrected chi connectivity index (χ4v) is 0.381. The first-order valence-electron chi connectivity index (χ1n) is 2.17. The van der Waals surface area contributed by atoms with E-state index in [1.807, 2.05) is 0 Å². The molecule has 1 N–H and O–H groups in total. The molecule has 50 valence electrons. The van der Waals surface area contributed by atoms with Crippen molar-refractivity contribution in [1.29, 1.82) is 0 Å². The number of hydrogen-bond donors (Lipinski definition) is 1. The summed E-state index contributed by atoms with van der Waals surface area (Å²) < 4.78 is 24.0. The van der Waals surface area contributed by atoms with Crippen molar-refractivity contribution in [2.45, 2.75) is 6.17 Å². The molecule has 5 heteroatoms. The van der Waals surface area contributed by atoms with Crippen molar-refractivity contribution in [2.24, 2.45) is 0 Å². The Balaban J connectivity index is 2.74. The molecule has 1 aliphatic heterocycles. The topological polar surface area (TPSA) is 38.3 Å². The lowest BCUT2D eigenvalue weighted by Gasteiger charge is -2.10. The Hall–Kier alpha value is -1.13. The second-order valence-corrected chi connectivity index (χ2v) is 1.45. The molecule has 0 aromatic rings. The highest BCUT2D eigenvalue weighted by Crippen LogP contribution is 2.11. The average molecular weight is 135 g/mol. The molecule has 1 amide bonds. The zero-order valence-corrected chi connectivity index (χ0v) is 4.23. The predicted octanol–water partition coefficient (Wildman–Crippen LogP) is 0.197. The molecule has 0 aromatic carbocycles. The minimum absolute atomic E-state index is 0.506. The summed E-state index contributed by atoms with van der Waals surface area (Å²) in [6.45, 7) is 0. The van der Waals surface area contributed by atoms with Crippen LogP contribution in [-0.2, 0) is 9.63 Å². The Kier molecular flexibility index (Phi) is 1.33. The molecule has 1 aliphatic rings. The fraction of sp³-hybridized carbons (Fsp3) is 0.250. The van der Waals surface area contributed by atoms with E-state index in [4.69, 9.17) is 0 Å². The standard InChI is InChI=1S/C4H3F2NO2/c5-2-1-9-7-4(8)3(2)6/h1,3H,(H,7,8). The zero-order chi connectivity index (χ0) is 6.85. The summed E-state index contributed by atoms with van der Waals surface area (Å²) in [6, 6.07) is 0. The van der Waals surface area contributed by atoms with Crippen molar-refractivity contribution >= 4 is 5.91 Å². The van der Waals surface area contributed by atoms with Gasteiger partial charge < -0.3 is 4.84 Å². The van der Waals surface area contributed by atoms with Crippen molar-refractivity contribution in [2.75, 3.05) is 0 Å². The van der Waals surface area contributed by atoms with E-state index in [-0.39, 0.29) is 0 Å². The summed E-state index contributed by atoms with van der Waals surface area (Å²) in [5.41, 5.74) is 1.63. The number of halogens is 2. The minimum Gasteiger partial charge on any atom is -0.384 e. The summed E-state index contributed by atoms with van der Waals surface area (Å²) in [5.74, 6) is -2.33. The highest BCUT2D eigenvalue weighted by atomic mass is 19.2. The highest BCUT2D eigenvalue weighted by Gasteiger charge is 2.26. The van der Waals surface area contributed by atoms with Crippen molar-refractivity contribution in [1.82, 2.24) is 5.48 Å². The fourth-order valence-electron chi connectivity index (χ4n) is 0.381. The van der Waals surface area contributed by atoms with Gasteiger partial charge in [0.25, 0.3) is 5.91 Å². The van der Waals surface area contributed by atoms with Gasteiger partial charge in [0.15, 0.2) is 12.1 Å². The van der Waals surface area contributed by atoms with Crippen LogP contribution in [0.2, 0.25) is 0 Å². The molecule has 0 aromatic heterocycles. The van der Waals surface area contributed by atoms with Crippen molar-refractivity contribution in [3.8, 4) is 0 Å². The Bertz CT molecular complexity index is 168. The number of amides is 1. The number of nitrogens with one attached hydrogen (secondary N) is 1. The van der Waals surface area contributed by atoms with Gasteiger partial charge in [-0.1, -0.05) is 0 Å². The second-order valence-electron chi connectivity index (χ2n) is 1.45. The van der Waals surface area contributed by atoms with Crippen molar-refractivity contribution < 1.29 is 18.4 Å². The Labute approximate surface area is 49.2 Å². The molecule has 0 fully saturated rings. The van der Waals surface area contributed by atoms with E-state index in [0.717, 1.165) is 0 Å². The molecule has 0 radical (unpaired) electrons. The Morgan fingerprint density at radius 2 is 2.44 bits per heavy atom. The van der Waals surface area contributed by atoms with Crippen LogP contribution in [0.5, 0.6) is 0 Å². The van der Waals surface area contributed by atoms with Gasteiger partial charge in [0, 0.05) is 0 Å². The van der Waals surface area contributed by atoms with Gasteiger partial charge in [0.05, 0.1) is 0 Å². The summed E-state index contributed by atoms with van der Waals surface area (Å²) in [5, 5.41) is 0. The third-order valence-electron chi connectivity index (χ3n) is 0.803. The number of carbonyl (C=O) groups excluding carboxylic acids is 1. The second kappa shape index (κ2) is 2.00. The van der Waals surface area contributed by atoms with Crippen LogP contribution in [0.25, 0.3) is 0 Å². The zero-order valence-electron chi connectivity index (χ0n) is 4.23. The molecule has 1 unspecified atom stereocenters. The molecule has 1 atom stereocenters. The monoisotopic (exact) mass is 135 g/mol. The SMILES string of the molecule is O=C1NOC=C(F)C1F. The first-order valence-corrected chi connectivity index (χ1v) is 2.17. The number of hydrogen-bond acceptors (Lipinski definition) is 2. The van der Waals surface area contributed by atoms with Crippen LogP contribution >= 0.6 is 0 Å². The molecular formula is C4H3F2NO2. The quantitative estimate of drug-likeness (QED) is 0.515. The first-order chi connectivity index (χ1) is 4.22. The minimum atomic E-state index is -2.21. The van der Waals surface area contributed by atoms with Gasteiger partial charge in [-0.2, -0.15) is 5.48 Å². The predicted molar refractivity (Wildman–Crippen MR) is 23.3 cm³/mol. The van der Waals surface area contributed by atoms with Crippen molar-refractivity contribution in [3.63, 3.8) is 0 Å². The molecule has 0 bridgehead atoms. The van der Waals surface area contributed by atoms with E-state index in [2.05, 4.69) is 4.84 Å². The van der Waals surface area contributed by atoms with Gasteiger partial charge >= 0.3 is 0 Å². The van der Waals surface area contributed by atoms with Crippen LogP contribution in [-0.4, -0.2) is 12.1 Å². The van der Waals surface area contributed by atoms with Crippen LogP contribution < -0.4 is 5.48 Å². The third kappa shape index (κ3) is 0.984. The van der Waals surface area contributed by atoms with E-state index in [9.17, 15) is 13.6 Å². The van der Waals surface area contributed by atoms with Gasteiger partial charge in [0.1, 0.15) is 0 Å². The van der Waals surface area contributed by atoms with Crippen LogP contribution in [0.3, 0.4) is 0 Å². The molecule has 0 spiro atoms. The van der Waals surface area contributed by atoms with E-state index in [0.29, 0.717) is 6.26 Å². The highest BCUT2D eigenvalue weighted by molar-refractivity contribution is 5.82. The molecule has 9 heavy (non-hydrogen) atoms. The van der Waals surface area contributed by atoms with Crippen LogP contribution in [0.1, 0.15) is 0 Å². The van der Waals surface area contributed by atoms with Gasteiger partial charge in [0.2, 0.25) is 6.17 Å². The largest absolute Gasteiger partial charge is 0.384 e. The number of hydroxylamine groups is 1. The first kappa shape index (κ1) is 6.00.